The molecular formula is C18H27Cl2N5O2. The van der Waals surface area contributed by atoms with Crippen LogP contribution in [0.2, 0.25) is 10.0 Å². The second-order valence-corrected chi connectivity index (χ2v) is 7.40. The molecule has 2 saturated heterocycles. The van der Waals surface area contributed by atoms with Gasteiger partial charge < -0.3 is 25.0 Å². The SMILES string of the molecule is CCNC(=NCCNc1ncc(Cl)cc1Cl)N1CCOC(C2CCCO2)C1. The van der Waals surface area contributed by atoms with Gasteiger partial charge in [-0.2, -0.15) is 0 Å². The van der Waals surface area contributed by atoms with E-state index >= 15 is 0 Å². The number of halogens is 2. The van der Waals surface area contributed by atoms with Gasteiger partial charge in [0.05, 0.1) is 29.3 Å². The number of guanidine groups is 1. The summed E-state index contributed by atoms with van der Waals surface area (Å²) in [6.07, 6.45) is 4.08. The van der Waals surface area contributed by atoms with Gasteiger partial charge in [0.1, 0.15) is 11.9 Å². The molecule has 2 atom stereocenters. The Balaban J connectivity index is 1.53. The Morgan fingerprint density at radius 3 is 2.93 bits per heavy atom. The lowest BCUT2D eigenvalue weighted by Crippen LogP contribution is -2.53. The Hall–Kier alpha value is -1.28. The zero-order chi connectivity index (χ0) is 19.1. The van der Waals surface area contributed by atoms with Crippen LogP contribution in [-0.2, 0) is 9.47 Å². The van der Waals surface area contributed by atoms with Gasteiger partial charge in [0.25, 0.3) is 0 Å². The van der Waals surface area contributed by atoms with Gasteiger partial charge in [-0.05, 0) is 25.8 Å². The Morgan fingerprint density at radius 1 is 1.33 bits per heavy atom. The molecule has 0 radical (unpaired) electrons. The number of nitrogens with zero attached hydrogens (tertiary/aromatic N) is 3. The number of nitrogens with one attached hydrogen (secondary N) is 2. The summed E-state index contributed by atoms with van der Waals surface area (Å²) in [6, 6.07) is 1.67. The first-order valence-electron chi connectivity index (χ1n) is 9.48. The minimum Gasteiger partial charge on any atom is -0.375 e. The summed E-state index contributed by atoms with van der Waals surface area (Å²) >= 11 is 12.0. The van der Waals surface area contributed by atoms with Gasteiger partial charge in [0.2, 0.25) is 0 Å². The molecule has 0 saturated carbocycles. The standard InChI is InChI=1S/C18H27Cl2N5O2/c1-2-21-18(23-6-5-22-17-14(20)10-13(19)11-24-17)25-7-9-27-16(12-25)15-4-3-8-26-15/h10-11,15-16H,2-9,12H2,1H3,(H,21,23)(H,22,24). The fourth-order valence-corrected chi connectivity index (χ4v) is 3.74. The van der Waals surface area contributed by atoms with Crippen LogP contribution < -0.4 is 10.6 Å². The van der Waals surface area contributed by atoms with E-state index in [1.165, 1.54) is 0 Å². The van der Waals surface area contributed by atoms with Gasteiger partial charge in [0.15, 0.2) is 5.96 Å². The number of morpholine rings is 1. The van der Waals surface area contributed by atoms with Crippen LogP contribution in [0.25, 0.3) is 0 Å². The van der Waals surface area contributed by atoms with Crippen LogP contribution in [0, 0.1) is 0 Å². The van der Waals surface area contributed by atoms with Crippen molar-refractivity contribution in [3.05, 3.63) is 22.3 Å². The van der Waals surface area contributed by atoms with E-state index < -0.39 is 0 Å². The van der Waals surface area contributed by atoms with Crippen molar-refractivity contribution in [2.45, 2.75) is 32.0 Å². The molecule has 2 aliphatic rings. The molecule has 3 heterocycles. The maximum absolute atomic E-state index is 6.13. The molecule has 0 spiro atoms. The van der Waals surface area contributed by atoms with Gasteiger partial charge in [0, 0.05) is 39.0 Å². The average molecular weight is 416 g/mol. The largest absolute Gasteiger partial charge is 0.375 e. The number of ether oxygens (including phenoxy) is 2. The van der Waals surface area contributed by atoms with E-state index in [2.05, 4.69) is 27.4 Å². The normalized spacial score (nSPS) is 23.5. The van der Waals surface area contributed by atoms with Crippen molar-refractivity contribution >= 4 is 35.0 Å². The van der Waals surface area contributed by atoms with Crippen molar-refractivity contribution in [3.63, 3.8) is 0 Å². The van der Waals surface area contributed by atoms with Gasteiger partial charge in [-0.25, -0.2) is 4.98 Å². The maximum Gasteiger partial charge on any atom is 0.194 e. The maximum atomic E-state index is 6.13. The lowest BCUT2D eigenvalue weighted by Gasteiger charge is -2.37. The summed E-state index contributed by atoms with van der Waals surface area (Å²) < 4.78 is 11.7. The summed E-state index contributed by atoms with van der Waals surface area (Å²) in [7, 11) is 0. The highest BCUT2D eigenvalue weighted by atomic mass is 35.5. The number of aliphatic imine (C=N–C) groups is 1. The highest BCUT2D eigenvalue weighted by Crippen LogP contribution is 2.22. The second-order valence-electron chi connectivity index (χ2n) is 6.55. The quantitative estimate of drug-likeness (QED) is 0.422. The summed E-state index contributed by atoms with van der Waals surface area (Å²) in [5.74, 6) is 1.52. The molecule has 0 aromatic carbocycles. The highest BCUT2D eigenvalue weighted by molar-refractivity contribution is 6.35. The number of anilines is 1. The molecule has 7 nitrogen and oxygen atoms in total. The third-order valence-corrected chi connectivity index (χ3v) is 5.08. The number of hydrogen-bond donors (Lipinski definition) is 2. The molecule has 150 valence electrons. The Labute approximate surface area is 170 Å². The fraction of sp³-hybridized carbons (Fsp3) is 0.667. The first-order valence-corrected chi connectivity index (χ1v) is 10.2. The van der Waals surface area contributed by atoms with Gasteiger partial charge in [-0.1, -0.05) is 23.2 Å². The molecule has 2 aliphatic heterocycles. The van der Waals surface area contributed by atoms with Crippen molar-refractivity contribution in [2.24, 2.45) is 4.99 Å². The van der Waals surface area contributed by atoms with E-state index in [0.717, 1.165) is 45.0 Å². The van der Waals surface area contributed by atoms with Crippen LogP contribution in [0.5, 0.6) is 0 Å². The first-order chi connectivity index (χ1) is 13.2. The molecule has 2 fully saturated rings. The van der Waals surface area contributed by atoms with Crippen molar-refractivity contribution in [1.29, 1.82) is 0 Å². The zero-order valence-electron chi connectivity index (χ0n) is 15.6. The average Bonchev–Trinajstić information content (AvgIpc) is 3.20. The van der Waals surface area contributed by atoms with Crippen molar-refractivity contribution in [3.8, 4) is 0 Å². The highest BCUT2D eigenvalue weighted by Gasteiger charge is 2.32. The summed E-state index contributed by atoms with van der Waals surface area (Å²) in [4.78, 5) is 11.2. The van der Waals surface area contributed by atoms with Gasteiger partial charge >= 0.3 is 0 Å². The lowest BCUT2D eigenvalue weighted by atomic mass is 10.1. The van der Waals surface area contributed by atoms with E-state index in [1.807, 2.05) is 0 Å². The molecule has 0 bridgehead atoms. The number of aromatic nitrogens is 1. The van der Waals surface area contributed by atoms with Crippen LogP contribution in [0.4, 0.5) is 5.82 Å². The molecule has 27 heavy (non-hydrogen) atoms. The lowest BCUT2D eigenvalue weighted by molar-refractivity contribution is -0.0817. The predicted molar refractivity (Wildman–Crippen MR) is 109 cm³/mol. The minimum absolute atomic E-state index is 0.111. The second kappa shape index (κ2) is 10.3. The smallest absolute Gasteiger partial charge is 0.194 e. The van der Waals surface area contributed by atoms with Crippen LogP contribution >= 0.6 is 23.2 Å². The molecule has 2 unspecified atom stereocenters. The molecule has 1 aromatic rings. The third-order valence-electron chi connectivity index (χ3n) is 4.58. The van der Waals surface area contributed by atoms with Crippen LogP contribution in [0.15, 0.2) is 17.3 Å². The van der Waals surface area contributed by atoms with Gasteiger partial charge in [-0.15, -0.1) is 0 Å². The van der Waals surface area contributed by atoms with E-state index in [4.69, 9.17) is 37.7 Å². The van der Waals surface area contributed by atoms with Gasteiger partial charge in [-0.3, -0.25) is 4.99 Å². The minimum atomic E-state index is 0.111. The zero-order valence-corrected chi connectivity index (χ0v) is 17.1. The summed E-state index contributed by atoms with van der Waals surface area (Å²) in [5, 5.41) is 7.59. The number of pyridine rings is 1. The van der Waals surface area contributed by atoms with Crippen molar-refractivity contribution in [2.75, 3.05) is 51.3 Å². The van der Waals surface area contributed by atoms with E-state index in [9.17, 15) is 0 Å². The van der Waals surface area contributed by atoms with E-state index in [1.54, 1.807) is 12.3 Å². The van der Waals surface area contributed by atoms with E-state index in [0.29, 0.717) is 35.6 Å². The molecule has 0 amide bonds. The molecular weight excluding hydrogens is 389 g/mol. The summed E-state index contributed by atoms with van der Waals surface area (Å²) in [6.45, 7) is 7.28. The summed E-state index contributed by atoms with van der Waals surface area (Å²) in [5.41, 5.74) is 0. The number of hydrogen-bond acceptors (Lipinski definition) is 5. The van der Waals surface area contributed by atoms with Crippen LogP contribution in [-0.4, -0.2) is 74.0 Å². The predicted octanol–water partition coefficient (Wildman–Crippen LogP) is 2.65. The Kier molecular flexibility index (Phi) is 7.81. The molecule has 3 rings (SSSR count). The van der Waals surface area contributed by atoms with Crippen LogP contribution in [0.3, 0.4) is 0 Å². The monoisotopic (exact) mass is 415 g/mol. The van der Waals surface area contributed by atoms with E-state index in [-0.39, 0.29) is 12.2 Å². The van der Waals surface area contributed by atoms with Crippen LogP contribution in [0.1, 0.15) is 19.8 Å². The topological polar surface area (TPSA) is 71.0 Å². The van der Waals surface area contributed by atoms with Crippen molar-refractivity contribution < 1.29 is 9.47 Å². The van der Waals surface area contributed by atoms with Crippen molar-refractivity contribution in [1.82, 2.24) is 15.2 Å². The first kappa shape index (κ1) is 20.5. The Bertz CT molecular complexity index is 640. The molecule has 9 heteroatoms. The fourth-order valence-electron chi connectivity index (χ4n) is 3.30. The molecule has 0 aliphatic carbocycles. The Morgan fingerprint density at radius 2 is 2.19 bits per heavy atom. The molecule has 1 aromatic heterocycles. The molecule has 2 N–H and O–H groups in total. The number of rotatable bonds is 6. The third kappa shape index (κ3) is 5.85.